The fourth-order valence-corrected chi connectivity index (χ4v) is 2.66. The summed E-state index contributed by atoms with van der Waals surface area (Å²) in [6.07, 6.45) is -2.95. The normalized spacial score (nSPS) is 11.6. The van der Waals surface area contributed by atoms with Crippen LogP contribution in [0.5, 0.6) is 11.5 Å². The number of methoxy groups -OCH3 is 2. The van der Waals surface area contributed by atoms with E-state index in [-0.39, 0.29) is 0 Å². The molecule has 0 fully saturated rings. The third-order valence-electron chi connectivity index (χ3n) is 4.12. The number of nitrogens with one attached hydrogen (secondary N) is 1. The largest absolute Gasteiger partial charge is 0.493 e. The Morgan fingerprint density at radius 3 is 2.52 bits per heavy atom. The Morgan fingerprint density at radius 1 is 1.00 bits per heavy atom. The topological polar surface area (TPSA) is 56.0 Å². The van der Waals surface area contributed by atoms with Crippen molar-refractivity contribution in [2.75, 3.05) is 14.2 Å². The fraction of sp³-hybridized carbons (Fsp3) is 0.190. The quantitative estimate of drug-likeness (QED) is 0.439. The van der Waals surface area contributed by atoms with Gasteiger partial charge in [-0.15, -0.1) is 0 Å². The van der Waals surface area contributed by atoms with Gasteiger partial charge in [0.25, 0.3) is 0 Å². The van der Waals surface area contributed by atoms with Gasteiger partial charge >= 0.3 is 6.18 Å². The van der Waals surface area contributed by atoms with E-state index in [4.69, 9.17) is 13.9 Å². The van der Waals surface area contributed by atoms with Crippen LogP contribution in [0.1, 0.15) is 16.9 Å². The van der Waals surface area contributed by atoms with E-state index in [1.807, 2.05) is 12.1 Å². The molecule has 0 unspecified atom stereocenters. The highest BCUT2D eigenvalue weighted by Crippen LogP contribution is 2.32. The van der Waals surface area contributed by atoms with E-state index in [9.17, 15) is 13.2 Å². The van der Waals surface area contributed by atoms with Crippen molar-refractivity contribution in [1.82, 2.24) is 5.43 Å². The lowest BCUT2D eigenvalue weighted by Crippen LogP contribution is -2.05. The highest BCUT2D eigenvalue weighted by molar-refractivity contribution is 5.77. The molecule has 0 aliphatic carbocycles. The number of rotatable bonds is 7. The van der Waals surface area contributed by atoms with Gasteiger partial charge in [0, 0.05) is 5.56 Å². The second-order valence-corrected chi connectivity index (χ2v) is 6.06. The molecule has 3 aromatic rings. The molecule has 0 saturated heterocycles. The van der Waals surface area contributed by atoms with Crippen LogP contribution in [-0.4, -0.2) is 20.4 Å². The Labute approximate surface area is 165 Å². The Hall–Kier alpha value is -3.42. The summed E-state index contributed by atoms with van der Waals surface area (Å²) in [6.45, 7) is 0.443. The summed E-state index contributed by atoms with van der Waals surface area (Å²) in [7, 11) is 3.13. The summed E-state index contributed by atoms with van der Waals surface area (Å²) in [5, 5.41) is 4.08. The molecule has 152 valence electrons. The lowest BCUT2D eigenvalue weighted by atomic mass is 10.1. The zero-order valence-electron chi connectivity index (χ0n) is 15.8. The minimum absolute atomic E-state index is 0.331. The molecule has 0 radical (unpaired) electrons. The standard InChI is InChI=1S/C21H19F3N2O3/c1-27-19-8-6-14(10-20(19)28-2)12-25-26-13-17-7-9-18(29-17)15-4-3-5-16(11-15)21(22,23)24/h3-11,13,25H,12H2,1-2H3/b26-13+. The van der Waals surface area contributed by atoms with Crippen molar-refractivity contribution in [3.63, 3.8) is 0 Å². The van der Waals surface area contributed by atoms with Crippen LogP contribution in [0.3, 0.4) is 0 Å². The van der Waals surface area contributed by atoms with Crippen LogP contribution in [0.15, 0.2) is 64.1 Å². The molecule has 1 heterocycles. The Kier molecular flexibility index (Phi) is 6.11. The monoisotopic (exact) mass is 404 g/mol. The summed E-state index contributed by atoms with van der Waals surface area (Å²) in [6, 6.07) is 13.7. The second kappa shape index (κ2) is 8.72. The number of hydrazone groups is 1. The molecule has 5 nitrogen and oxygen atoms in total. The SMILES string of the molecule is COc1ccc(CN/N=C/c2ccc(-c3cccc(C(F)(F)F)c3)o2)cc1OC. The summed E-state index contributed by atoms with van der Waals surface area (Å²) in [5.74, 6) is 2.00. The number of nitrogens with zero attached hydrogens (tertiary/aromatic N) is 1. The van der Waals surface area contributed by atoms with Gasteiger partial charge in [-0.3, -0.25) is 0 Å². The van der Waals surface area contributed by atoms with Gasteiger partial charge in [-0.2, -0.15) is 18.3 Å². The molecule has 0 atom stereocenters. The maximum atomic E-state index is 12.8. The summed E-state index contributed by atoms with van der Waals surface area (Å²) >= 11 is 0. The first kappa shape index (κ1) is 20.3. The van der Waals surface area contributed by atoms with Crippen LogP contribution in [0, 0.1) is 0 Å². The van der Waals surface area contributed by atoms with Gasteiger partial charge in [0.05, 0.1) is 32.5 Å². The molecule has 0 saturated carbocycles. The predicted molar refractivity (Wildman–Crippen MR) is 103 cm³/mol. The molecule has 1 N–H and O–H groups in total. The Morgan fingerprint density at radius 2 is 1.79 bits per heavy atom. The first-order valence-electron chi connectivity index (χ1n) is 8.65. The number of hydrogen-bond donors (Lipinski definition) is 1. The van der Waals surface area contributed by atoms with Crippen LogP contribution in [0.2, 0.25) is 0 Å². The van der Waals surface area contributed by atoms with Gasteiger partial charge in [0.2, 0.25) is 0 Å². The average molecular weight is 404 g/mol. The van der Waals surface area contributed by atoms with E-state index in [0.29, 0.717) is 35.1 Å². The third kappa shape index (κ3) is 5.10. The zero-order chi connectivity index (χ0) is 20.9. The van der Waals surface area contributed by atoms with Gasteiger partial charge < -0.3 is 19.3 Å². The zero-order valence-corrected chi connectivity index (χ0v) is 15.8. The van der Waals surface area contributed by atoms with Gasteiger partial charge in [0.1, 0.15) is 11.5 Å². The van der Waals surface area contributed by atoms with Crippen molar-refractivity contribution in [3.8, 4) is 22.8 Å². The maximum absolute atomic E-state index is 12.8. The molecule has 0 aliphatic rings. The van der Waals surface area contributed by atoms with E-state index in [0.717, 1.165) is 17.7 Å². The smallest absolute Gasteiger partial charge is 0.416 e. The molecule has 0 spiro atoms. The molecule has 8 heteroatoms. The van der Waals surface area contributed by atoms with Gasteiger partial charge in [-0.1, -0.05) is 18.2 Å². The van der Waals surface area contributed by atoms with E-state index >= 15 is 0 Å². The van der Waals surface area contributed by atoms with Gasteiger partial charge in [-0.25, -0.2) is 0 Å². The minimum atomic E-state index is -4.40. The minimum Gasteiger partial charge on any atom is -0.493 e. The van der Waals surface area contributed by atoms with E-state index in [1.54, 1.807) is 38.5 Å². The van der Waals surface area contributed by atoms with Crippen LogP contribution in [-0.2, 0) is 12.7 Å². The molecule has 29 heavy (non-hydrogen) atoms. The Balaban J connectivity index is 1.63. The van der Waals surface area contributed by atoms with Crippen molar-refractivity contribution < 1.29 is 27.1 Å². The summed E-state index contributed by atoms with van der Waals surface area (Å²) in [5.41, 5.74) is 3.44. The van der Waals surface area contributed by atoms with Crippen LogP contribution in [0.25, 0.3) is 11.3 Å². The molecule has 1 aromatic heterocycles. The second-order valence-electron chi connectivity index (χ2n) is 6.06. The van der Waals surface area contributed by atoms with Crippen LogP contribution >= 0.6 is 0 Å². The predicted octanol–water partition coefficient (Wildman–Crippen LogP) is 5.11. The number of alkyl halides is 3. The lowest BCUT2D eigenvalue weighted by Gasteiger charge is -2.09. The van der Waals surface area contributed by atoms with E-state index < -0.39 is 11.7 Å². The summed E-state index contributed by atoms with van der Waals surface area (Å²) in [4.78, 5) is 0. The van der Waals surface area contributed by atoms with E-state index in [1.165, 1.54) is 12.3 Å². The molecule has 2 aromatic carbocycles. The maximum Gasteiger partial charge on any atom is 0.416 e. The first-order chi connectivity index (χ1) is 13.9. The van der Waals surface area contributed by atoms with Crippen molar-refractivity contribution in [3.05, 3.63) is 71.5 Å². The molecule has 0 amide bonds. The molecule has 0 aliphatic heterocycles. The molecule has 0 bridgehead atoms. The summed E-state index contributed by atoms with van der Waals surface area (Å²) < 4.78 is 54.6. The van der Waals surface area contributed by atoms with Gasteiger partial charge in [-0.05, 0) is 42.0 Å². The highest BCUT2D eigenvalue weighted by atomic mass is 19.4. The first-order valence-corrected chi connectivity index (χ1v) is 8.65. The number of benzene rings is 2. The fourth-order valence-electron chi connectivity index (χ4n) is 2.66. The van der Waals surface area contributed by atoms with Crippen molar-refractivity contribution in [2.45, 2.75) is 12.7 Å². The van der Waals surface area contributed by atoms with E-state index in [2.05, 4.69) is 10.5 Å². The molecule has 3 rings (SSSR count). The van der Waals surface area contributed by atoms with Crippen molar-refractivity contribution >= 4 is 6.21 Å². The third-order valence-corrected chi connectivity index (χ3v) is 4.12. The van der Waals surface area contributed by atoms with Crippen LogP contribution in [0.4, 0.5) is 13.2 Å². The number of hydrogen-bond acceptors (Lipinski definition) is 5. The molecular formula is C21H19F3N2O3. The highest BCUT2D eigenvalue weighted by Gasteiger charge is 2.30. The number of furan rings is 1. The average Bonchev–Trinajstić information content (AvgIpc) is 3.19. The van der Waals surface area contributed by atoms with Crippen LogP contribution < -0.4 is 14.9 Å². The van der Waals surface area contributed by atoms with Crippen molar-refractivity contribution in [1.29, 1.82) is 0 Å². The van der Waals surface area contributed by atoms with Gasteiger partial charge in [0.15, 0.2) is 11.5 Å². The number of halogens is 3. The lowest BCUT2D eigenvalue weighted by molar-refractivity contribution is -0.137. The number of ether oxygens (including phenoxy) is 2. The van der Waals surface area contributed by atoms with Crippen molar-refractivity contribution in [2.24, 2.45) is 5.10 Å². The molecular weight excluding hydrogens is 385 g/mol. The Bertz CT molecular complexity index is 997.